The molecule has 9 heteroatoms. The van der Waals surface area contributed by atoms with Crippen molar-refractivity contribution in [1.82, 2.24) is 9.78 Å². The molecule has 0 aliphatic rings. The molecule has 8 nitrogen and oxygen atoms in total. The first-order valence-electron chi connectivity index (χ1n) is 5.97. The van der Waals surface area contributed by atoms with Gasteiger partial charge in [-0.1, -0.05) is 0 Å². The number of carbonyl (C=O) groups is 1. The van der Waals surface area contributed by atoms with Crippen molar-refractivity contribution < 1.29 is 17.9 Å². The number of sulfonamides is 1. The SMILES string of the molecule is CCOC(=O)c1cnn(-c2ccc(S(N)(=O)=O)c(N)c2)c1. The van der Waals surface area contributed by atoms with Crippen LogP contribution in [0, 0.1) is 0 Å². The molecule has 0 aliphatic carbocycles. The Morgan fingerprint density at radius 1 is 1.43 bits per heavy atom. The molecule has 0 atom stereocenters. The highest BCUT2D eigenvalue weighted by Crippen LogP contribution is 2.20. The third-order valence-corrected chi connectivity index (χ3v) is 3.64. The summed E-state index contributed by atoms with van der Waals surface area (Å²) in [4.78, 5) is 11.4. The van der Waals surface area contributed by atoms with Crippen LogP contribution in [0.2, 0.25) is 0 Å². The molecular weight excluding hydrogens is 296 g/mol. The van der Waals surface area contributed by atoms with E-state index in [-0.39, 0.29) is 22.8 Å². The minimum Gasteiger partial charge on any atom is -0.462 e. The van der Waals surface area contributed by atoms with Gasteiger partial charge >= 0.3 is 5.97 Å². The van der Waals surface area contributed by atoms with Gasteiger partial charge in [-0.15, -0.1) is 0 Å². The normalized spacial score (nSPS) is 11.3. The lowest BCUT2D eigenvalue weighted by Gasteiger charge is -2.06. The zero-order chi connectivity index (χ0) is 15.6. The average molecular weight is 310 g/mol. The summed E-state index contributed by atoms with van der Waals surface area (Å²) < 4.78 is 28.8. The number of benzene rings is 1. The van der Waals surface area contributed by atoms with Crippen LogP contribution in [0.1, 0.15) is 17.3 Å². The van der Waals surface area contributed by atoms with Crippen LogP contribution in [-0.2, 0) is 14.8 Å². The Morgan fingerprint density at radius 3 is 2.71 bits per heavy atom. The number of nitrogens with zero attached hydrogens (tertiary/aromatic N) is 2. The van der Waals surface area contributed by atoms with Crippen LogP contribution in [0.25, 0.3) is 5.69 Å². The van der Waals surface area contributed by atoms with Gasteiger partial charge in [-0.3, -0.25) is 0 Å². The van der Waals surface area contributed by atoms with Crippen LogP contribution < -0.4 is 10.9 Å². The summed E-state index contributed by atoms with van der Waals surface area (Å²) in [7, 11) is -3.88. The first-order valence-corrected chi connectivity index (χ1v) is 7.52. The molecule has 1 aromatic carbocycles. The zero-order valence-electron chi connectivity index (χ0n) is 11.2. The standard InChI is InChI=1S/C12H14N4O4S/c1-2-20-12(17)8-6-15-16(7-8)9-3-4-11(10(13)5-9)21(14,18)19/h3-7H,2,13H2,1H3,(H2,14,18,19). The third kappa shape index (κ3) is 3.20. The topological polar surface area (TPSA) is 130 Å². The molecule has 0 saturated carbocycles. The number of nitrogens with two attached hydrogens (primary N) is 2. The second kappa shape index (κ2) is 5.54. The van der Waals surface area contributed by atoms with Gasteiger partial charge in [0.1, 0.15) is 4.90 Å². The van der Waals surface area contributed by atoms with Crippen molar-refractivity contribution in [3.8, 4) is 5.69 Å². The summed E-state index contributed by atoms with van der Waals surface area (Å²) >= 11 is 0. The van der Waals surface area contributed by atoms with Crippen molar-refractivity contribution in [2.24, 2.45) is 5.14 Å². The molecule has 2 rings (SSSR count). The van der Waals surface area contributed by atoms with Crippen LogP contribution in [0.3, 0.4) is 0 Å². The van der Waals surface area contributed by atoms with Gasteiger partial charge in [-0.05, 0) is 25.1 Å². The number of esters is 1. The van der Waals surface area contributed by atoms with Crippen LogP contribution in [0.15, 0.2) is 35.5 Å². The largest absolute Gasteiger partial charge is 0.462 e. The molecular formula is C12H14N4O4S. The molecule has 0 fully saturated rings. The van der Waals surface area contributed by atoms with E-state index < -0.39 is 16.0 Å². The maximum absolute atomic E-state index is 11.5. The number of aromatic nitrogens is 2. The lowest BCUT2D eigenvalue weighted by Crippen LogP contribution is -2.14. The summed E-state index contributed by atoms with van der Waals surface area (Å²) in [5, 5.41) is 9.03. The predicted octanol–water partition coefficient (Wildman–Crippen LogP) is 0.279. The molecule has 1 aromatic heterocycles. The number of hydrogen-bond acceptors (Lipinski definition) is 6. The molecule has 0 saturated heterocycles. The Balaban J connectivity index is 2.36. The smallest absolute Gasteiger partial charge is 0.341 e. The molecule has 0 spiro atoms. The van der Waals surface area contributed by atoms with Crippen molar-refractivity contribution in [2.45, 2.75) is 11.8 Å². The maximum atomic E-state index is 11.5. The van der Waals surface area contributed by atoms with Crippen molar-refractivity contribution in [2.75, 3.05) is 12.3 Å². The summed E-state index contributed by atoms with van der Waals surface area (Å²) in [6.45, 7) is 1.97. The summed E-state index contributed by atoms with van der Waals surface area (Å²) in [6, 6.07) is 4.17. The molecule has 21 heavy (non-hydrogen) atoms. The highest BCUT2D eigenvalue weighted by atomic mass is 32.2. The Morgan fingerprint density at radius 2 is 2.14 bits per heavy atom. The molecule has 0 amide bonds. The van der Waals surface area contributed by atoms with E-state index in [1.807, 2.05) is 0 Å². The quantitative estimate of drug-likeness (QED) is 0.616. The number of primary sulfonamides is 1. The number of nitrogen functional groups attached to an aromatic ring is 1. The highest BCUT2D eigenvalue weighted by Gasteiger charge is 2.14. The van der Waals surface area contributed by atoms with Gasteiger partial charge in [-0.25, -0.2) is 23.0 Å². The second-order valence-corrected chi connectivity index (χ2v) is 5.69. The van der Waals surface area contributed by atoms with Gasteiger partial charge in [0.2, 0.25) is 10.0 Å². The molecule has 112 valence electrons. The fraction of sp³-hybridized carbons (Fsp3) is 0.167. The number of carbonyl (C=O) groups excluding carboxylic acids is 1. The number of hydrogen-bond donors (Lipinski definition) is 2. The van der Waals surface area contributed by atoms with Crippen molar-refractivity contribution in [3.63, 3.8) is 0 Å². The van der Waals surface area contributed by atoms with Gasteiger partial charge in [0.05, 0.1) is 29.7 Å². The van der Waals surface area contributed by atoms with Gasteiger partial charge in [0.25, 0.3) is 0 Å². The first-order chi connectivity index (χ1) is 9.82. The summed E-state index contributed by atoms with van der Waals surface area (Å²) in [5.41, 5.74) is 6.45. The van der Waals surface area contributed by atoms with Crippen LogP contribution in [0.4, 0.5) is 5.69 Å². The lowest BCUT2D eigenvalue weighted by atomic mass is 10.3. The maximum Gasteiger partial charge on any atom is 0.341 e. The Hall–Kier alpha value is -2.39. The zero-order valence-corrected chi connectivity index (χ0v) is 12.0. The number of anilines is 1. The molecule has 4 N–H and O–H groups in total. The van der Waals surface area contributed by atoms with Crippen molar-refractivity contribution >= 4 is 21.7 Å². The van der Waals surface area contributed by atoms with Crippen LogP contribution >= 0.6 is 0 Å². The van der Waals surface area contributed by atoms with E-state index in [1.165, 1.54) is 35.3 Å². The molecule has 0 aliphatic heterocycles. The van der Waals surface area contributed by atoms with E-state index in [2.05, 4.69) is 5.10 Å². The molecule has 0 radical (unpaired) electrons. The van der Waals surface area contributed by atoms with E-state index in [0.717, 1.165) is 0 Å². The van der Waals surface area contributed by atoms with Gasteiger partial charge in [0.15, 0.2) is 0 Å². The molecule has 0 bridgehead atoms. The van der Waals surface area contributed by atoms with E-state index in [1.54, 1.807) is 6.92 Å². The van der Waals surface area contributed by atoms with Crippen LogP contribution in [0.5, 0.6) is 0 Å². The fourth-order valence-corrected chi connectivity index (χ4v) is 2.37. The van der Waals surface area contributed by atoms with Gasteiger partial charge in [0, 0.05) is 6.20 Å². The fourth-order valence-electron chi connectivity index (χ4n) is 1.72. The highest BCUT2D eigenvalue weighted by molar-refractivity contribution is 7.89. The van der Waals surface area contributed by atoms with Gasteiger partial charge < -0.3 is 10.5 Å². The molecule has 1 heterocycles. The van der Waals surface area contributed by atoms with Gasteiger partial charge in [-0.2, -0.15) is 5.10 Å². The van der Waals surface area contributed by atoms with Crippen molar-refractivity contribution in [3.05, 3.63) is 36.2 Å². The first kappa shape index (κ1) is 15.0. The number of ether oxygens (including phenoxy) is 1. The average Bonchev–Trinajstić information content (AvgIpc) is 2.87. The lowest BCUT2D eigenvalue weighted by molar-refractivity contribution is 0.0526. The van der Waals surface area contributed by atoms with E-state index in [4.69, 9.17) is 15.6 Å². The Bertz CT molecular complexity index is 782. The van der Waals surface area contributed by atoms with E-state index in [0.29, 0.717) is 5.69 Å². The van der Waals surface area contributed by atoms with Crippen LogP contribution in [-0.4, -0.2) is 30.8 Å². The predicted molar refractivity (Wildman–Crippen MR) is 75.3 cm³/mol. The summed E-state index contributed by atoms with van der Waals surface area (Å²) in [5.74, 6) is -0.488. The van der Waals surface area contributed by atoms with E-state index in [9.17, 15) is 13.2 Å². The molecule has 2 aromatic rings. The second-order valence-electron chi connectivity index (χ2n) is 4.16. The minimum absolute atomic E-state index is 0.00295. The Labute approximate surface area is 121 Å². The summed E-state index contributed by atoms with van der Waals surface area (Å²) in [6.07, 6.45) is 2.81. The molecule has 0 unspecified atom stereocenters. The Kier molecular flexibility index (Phi) is 3.96. The monoisotopic (exact) mass is 310 g/mol. The number of rotatable bonds is 4. The third-order valence-electron chi connectivity index (χ3n) is 2.66. The minimum atomic E-state index is -3.88. The van der Waals surface area contributed by atoms with E-state index >= 15 is 0 Å². The van der Waals surface area contributed by atoms with Crippen molar-refractivity contribution in [1.29, 1.82) is 0 Å².